The van der Waals surface area contributed by atoms with Crippen LogP contribution in [0.25, 0.3) is 99.9 Å². The molecule has 0 atom stereocenters. The molecule has 0 aliphatic rings. The van der Waals surface area contributed by atoms with Crippen molar-refractivity contribution in [2.24, 2.45) is 0 Å². The number of fused-ring (bicyclic) bond motifs is 8. The van der Waals surface area contributed by atoms with Gasteiger partial charge in [0.05, 0.1) is 0 Å². The number of aromatic nitrogens is 3. The van der Waals surface area contributed by atoms with Crippen LogP contribution in [0.2, 0.25) is 0 Å². The second kappa shape index (κ2) is 10.5. The number of hydrogen-bond acceptors (Lipinski definition) is 5. The maximum atomic E-state index is 6.56. The first-order valence-electron chi connectivity index (χ1n) is 15.9. The summed E-state index contributed by atoms with van der Waals surface area (Å²) in [6, 6.07) is 51.5. The Balaban J connectivity index is 1.20. The van der Waals surface area contributed by atoms with E-state index in [2.05, 4.69) is 66.7 Å². The van der Waals surface area contributed by atoms with Crippen molar-refractivity contribution in [1.82, 2.24) is 15.0 Å². The van der Waals surface area contributed by atoms with Gasteiger partial charge in [-0.05, 0) is 40.6 Å². The summed E-state index contributed by atoms with van der Waals surface area (Å²) in [5.74, 6) is 1.81. The first kappa shape index (κ1) is 26.6. The van der Waals surface area contributed by atoms with Crippen molar-refractivity contribution in [3.05, 3.63) is 152 Å². The predicted octanol–water partition coefficient (Wildman–Crippen LogP) is 11.5. The topological polar surface area (TPSA) is 65.0 Å². The number of para-hydroxylation sites is 2. The van der Waals surface area contributed by atoms with Gasteiger partial charge in [-0.1, -0.05) is 127 Å². The van der Waals surface area contributed by atoms with E-state index in [1.54, 1.807) is 0 Å². The summed E-state index contributed by atoms with van der Waals surface area (Å²) < 4.78 is 12.7. The third-order valence-corrected chi connectivity index (χ3v) is 9.13. The van der Waals surface area contributed by atoms with E-state index in [9.17, 15) is 0 Å². The molecule has 0 radical (unpaired) electrons. The van der Waals surface area contributed by atoms with Gasteiger partial charge in [0.1, 0.15) is 22.3 Å². The van der Waals surface area contributed by atoms with Crippen molar-refractivity contribution >= 4 is 54.6 Å². The van der Waals surface area contributed by atoms with Gasteiger partial charge in [-0.15, -0.1) is 0 Å². The number of benzene rings is 7. The quantitative estimate of drug-likeness (QED) is 0.197. The first-order chi connectivity index (χ1) is 23.8. The Hall–Kier alpha value is -6.59. The highest BCUT2D eigenvalue weighted by molar-refractivity contribution is 6.19. The van der Waals surface area contributed by atoms with Gasteiger partial charge in [0.2, 0.25) is 0 Å². The largest absolute Gasteiger partial charge is 0.456 e. The second-order valence-electron chi connectivity index (χ2n) is 12.0. The summed E-state index contributed by atoms with van der Waals surface area (Å²) in [7, 11) is 0. The fraction of sp³-hybridized carbons (Fsp3) is 0. The molecule has 10 rings (SSSR count). The minimum Gasteiger partial charge on any atom is -0.456 e. The van der Waals surface area contributed by atoms with E-state index in [0.29, 0.717) is 17.5 Å². The standard InChI is InChI=1S/C43H25N3O2/c1-3-11-26(12-4-1)31-16-9-17-33-39-34(18-10-20-36(39)48-40(31)33)43-45-41(27-13-5-2-6-14-27)44-42(46-43)29-21-23-30-28(25-29)22-24-37-38(30)32-15-7-8-19-35(32)47-37/h1-25H. The zero-order valence-corrected chi connectivity index (χ0v) is 25.6. The lowest BCUT2D eigenvalue weighted by atomic mass is 10.00. The molecule has 0 amide bonds. The zero-order chi connectivity index (χ0) is 31.6. The van der Waals surface area contributed by atoms with Gasteiger partial charge < -0.3 is 8.83 Å². The zero-order valence-electron chi connectivity index (χ0n) is 25.6. The summed E-state index contributed by atoms with van der Waals surface area (Å²) in [4.78, 5) is 15.2. The summed E-state index contributed by atoms with van der Waals surface area (Å²) in [5.41, 5.74) is 8.27. The molecule has 0 fully saturated rings. The number of hydrogen-bond donors (Lipinski definition) is 0. The molecule has 5 nitrogen and oxygen atoms in total. The van der Waals surface area contributed by atoms with Crippen LogP contribution in [0.5, 0.6) is 0 Å². The Bertz CT molecular complexity index is 2840. The smallest absolute Gasteiger partial charge is 0.164 e. The van der Waals surface area contributed by atoms with Crippen LogP contribution in [0.3, 0.4) is 0 Å². The van der Waals surface area contributed by atoms with Crippen LogP contribution >= 0.6 is 0 Å². The van der Waals surface area contributed by atoms with Gasteiger partial charge in [0, 0.05) is 43.8 Å². The van der Waals surface area contributed by atoms with E-state index in [1.165, 1.54) is 0 Å². The lowest BCUT2D eigenvalue weighted by Gasteiger charge is -2.10. The van der Waals surface area contributed by atoms with Crippen LogP contribution in [-0.2, 0) is 0 Å². The Morgan fingerprint density at radius 2 is 1.00 bits per heavy atom. The highest BCUT2D eigenvalue weighted by Gasteiger charge is 2.20. The Morgan fingerprint density at radius 1 is 0.354 bits per heavy atom. The van der Waals surface area contributed by atoms with Crippen LogP contribution in [0.1, 0.15) is 0 Å². The van der Waals surface area contributed by atoms with E-state index < -0.39 is 0 Å². The van der Waals surface area contributed by atoms with Crippen LogP contribution in [0, 0.1) is 0 Å². The molecule has 3 aromatic heterocycles. The van der Waals surface area contributed by atoms with Crippen molar-refractivity contribution in [3.8, 4) is 45.3 Å². The molecule has 0 unspecified atom stereocenters. The van der Waals surface area contributed by atoms with E-state index in [4.69, 9.17) is 23.8 Å². The monoisotopic (exact) mass is 615 g/mol. The third-order valence-electron chi connectivity index (χ3n) is 9.13. The van der Waals surface area contributed by atoms with E-state index in [0.717, 1.165) is 82.5 Å². The predicted molar refractivity (Wildman–Crippen MR) is 194 cm³/mol. The molecule has 0 spiro atoms. The van der Waals surface area contributed by atoms with Crippen molar-refractivity contribution in [2.75, 3.05) is 0 Å². The Morgan fingerprint density at radius 3 is 1.85 bits per heavy atom. The minimum atomic E-state index is 0.591. The van der Waals surface area contributed by atoms with Gasteiger partial charge in [0.25, 0.3) is 0 Å². The molecular formula is C43H25N3O2. The van der Waals surface area contributed by atoms with E-state index in [-0.39, 0.29) is 0 Å². The first-order valence-corrected chi connectivity index (χ1v) is 15.9. The summed E-state index contributed by atoms with van der Waals surface area (Å²) >= 11 is 0. The minimum absolute atomic E-state index is 0.591. The summed E-state index contributed by atoms with van der Waals surface area (Å²) in [6.07, 6.45) is 0. The molecule has 3 heterocycles. The van der Waals surface area contributed by atoms with Gasteiger partial charge >= 0.3 is 0 Å². The maximum Gasteiger partial charge on any atom is 0.164 e. The molecule has 10 aromatic rings. The third kappa shape index (κ3) is 4.15. The van der Waals surface area contributed by atoms with Crippen molar-refractivity contribution in [1.29, 1.82) is 0 Å². The molecular weight excluding hydrogens is 590 g/mol. The fourth-order valence-electron chi connectivity index (χ4n) is 6.91. The van der Waals surface area contributed by atoms with Crippen molar-refractivity contribution in [2.45, 2.75) is 0 Å². The highest BCUT2D eigenvalue weighted by Crippen LogP contribution is 2.41. The average molecular weight is 616 g/mol. The van der Waals surface area contributed by atoms with Crippen LogP contribution in [0.4, 0.5) is 0 Å². The second-order valence-corrected chi connectivity index (χ2v) is 12.0. The Kier molecular flexibility index (Phi) is 5.81. The maximum absolute atomic E-state index is 6.56. The molecule has 0 saturated heterocycles. The molecule has 224 valence electrons. The normalized spacial score (nSPS) is 11.8. The lowest BCUT2D eigenvalue weighted by Crippen LogP contribution is -2.00. The van der Waals surface area contributed by atoms with Gasteiger partial charge in [0.15, 0.2) is 17.5 Å². The fourth-order valence-corrected chi connectivity index (χ4v) is 6.91. The molecule has 48 heavy (non-hydrogen) atoms. The number of nitrogens with zero attached hydrogens (tertiary/aromatic N) is 3. The van der Waals surface area contributed by atoms with Crippen LogP contribution in [0.15, 0.2) is 160 Å². The van der Waals surface area contributed by atoms with E-state index >= 15 is 0 Å². The molecule has 0 N–H and O–H groups in total. The molecule has 0 aliphatic heterocycles. The van der Waals surface area contributed by atoms with Gasteiger partial charge in [-0.3, -0.25) is 0 Å². The number of furan rings is 2. The molecule has 5 heteroatoms. The number of rotatable bonds is 4. The van der Waals surface area contributed by atoms with Gasteiger partial charge in [-0.2, -0.15) is 0 Å². The molecule has 0 bridgehead atoms. The van der Waals surface area contributed by atoms with Crippen molar-refractivity contribution < 1.29 is 8.83 Å². The summed E-state index contributed by atoms with van der Waals surface area (Å²) in [5, 5.41) is 6.44. The average Bonchev–Trinajstić information content (AvgIpc) is 3.74. The molecule has 7 aromatic carbocycles. The molecule has 0 saturated carbocycles. The SMILES string of the molecule is c1ccc(-c2nc(-c3ccc4c(ccc5oc6ccccc6c54)c3)nc(-c3cccc4oc5c(-c6ccccc6)cccc5c34)n2)cc1. The van der Waals surface area contributed by atoms with Crippen LogP contribution in [-0.4, -0.2) is 15.0 Å². The van der Waals surface area contributed by atoms with E-state index in [1.807, 2.05) is 84.9 Å². The van der Waals surface area contributed by atoms with Crippen molar-refractivity contribution in [3.63, 3.8) is 0 Å². The van der Waals surface area contributed by atoms with Crippen LogP contribution < -0.4 is 0 Å². The summed E-state index contributed by atoms with van der Waals surface area (Å²) in [6.45, 7) is 0. The lowest BCUT2D eigenvalue weighted by molar-refractivity contribution is 0.669. The molecule has 0 aliphatic carbocycles. The van der Waals surface area contributed by atoms with Gasteiger partial charge in [-0.25, -0.2) is 15.0 Å². The highest BCUT2D eigenvalue weighted by atomic mass is 16.3. The Labute approximate surface area is 274 Å².